The number of phenolic OH excluding ortho intramolecular Hbond substituents is 3. The Balaban J connectivity index is 0. The summed E-state index contributed by atoms with van der Waals surface area (Å²) in [6, 6.07) is 0.217. The molecular formula is C6H6Na2O9S2. The maximum absolute atomic E-state index is 10.8. The second-order valence-electron chi connectivity index (χ2n) is 2.87. The van der Waals surface area contributed by atoms with Crippen molar-refractivity contribution in [2.45, 2.75) is 9.79 Å². The van der Waals surface area contributed by atoms with Crippen molar-refractivity contribution in [3.8, 4) is 17.2 Å². The molecule has 1 aromatic carbocycles. The minimum Gasteiger partial charge on any atom is -0.505 e. The van der Waals surface area contributed by atoms with Gasteiger partial charge in [-0.2, -0.15) is 16.8 Å². The molecule has 9 nitrogen and oxygen atoms in total. The van der Waals surface area contributed by atoms with Crippen LogP contribution in [0.3, 0.4) is 0 Å². The molecule has 0 unspecified atom stereocenters. The Labute approximate surface area is 152 Å². The third kappa shape index (κ3) is 4.74. The van der Waals surface area contributed by atoms with Gasteiger partial charge < -0.3 is 15.3 Å². The van der Waals surface area contributed by atoms with E-state index in [1.807, 2.05) is 0 Å². The average molecular weight is 332 g/mol. The van der Waals surface area contributed by atoms with E-state index in [1.54, 1.807) is 0 Å². The summed E-state index contributed by atoms with van der Waals surface area (Å²) in [7, 11) is -10.3. The number of aromatic hydroxyl groups is 3. The molecule has 0 aliphatic heterocycles. The number of phenols is 3. The molecule has 13 heteroatoms. The van der Waals surface area contributed by atoms with Gasteiger partial charge in [-0.05, 0) is 0 Å². The topological polar surface area (TPSA) is 169 Å². The first-order valence-corrected chi connectivity index (χ1v) is 6.57. The summed E-state index contributed by atoms with van der Waals surface area (Å²) in [6.07, 6.45) is 0. The molecule has 0 spiro atoms. The summed E-state index contributed by atoms with van der Waals surface area (Å²) in [5, 5.41) is 27.3. The van der Waals surface area contributed by atoms with Gasteiger partial charge >= 0.3 is 10.1 Å². The van der Waals surface area contributed by atoms with E-state index in [0.29, 0.717) is 0 Å². The van der Waals surface area contributed by atoms with Crippen LogP contribution in [0.2, 0.25) is 0 Å². The monoisotopic (exact) mass is 332 g/mol. The van der Waals surface area contributed by atoms with Crippen LogP contribution in [-0.4, -0.2) is 100 Å². The first-order chi connectivity index (χ1) is 7.46. The van der Waals surface area contributed by atoms with Crippen molar-refractivity contribution in [3.63, 3.8) is 0 Å². The zero-order chi connectivity index (χ0) is 13.6. The van der Waals surface area contributed by atoms with E-state index in [2.05, 4.69) is 0 Å². The Kier molecular flexibility index (Phi) is 7.93. The smallest absolute Gasteiger partial charge is 0.302 e. The Bertz CT molecular complexity index is 679. The molecule has 1 aromatic rings. The van der Waals surface area contributed by atoms with Gasteiger partial charge in [0.2, 0.25) is 0 Å². The van der Waals surface area contributed by atoms with Crippen LogP contribution in [0.4, 0.5) is 0 Å². The second-order valence-corrected chi connectivity index (χ2v) is 5.62. The Morgan fingerprint density at radius 3 is 1.53 bits per heavy atom. The first-order valence-electron chi connectivity index (χ1n) is 3.69. The third-order valence-corrected chi connectivity index (χ3v) is 3.48. The van der Waals surface area contributed by atoms with E-state index in [-0.39, 0.29) is 65.2 Å². The number of hydrogen-bond acceptors (Lipinski definition) is 7. The summed E-state index contributed by atoms with van der Waals surface area (Å²) in [5.74, 6) is -4.31. The van der Waals surface area contributed by atoms with Crippen molar-refractivity contribution in [2.24, 2.45) is 0 Å². The minimum absolute atomic E-state index is 0. The van der Waals surface area contributed by atoms with Crippen molar-refractivity contribution in [3.05, 3.63) is 6.07 Å². The van der Waals surface area contributed by atoms with Crippen LogP contribution in [-0.2, 0) is 20.2 Å². The van der Waals surface area contributed by atoms with Gasteiger partial charge in [-0.3, -0.25) is 9.11 Å². The van der Waals surface area contributed by atoms with Gasteiger partial charge in [0.25, 0.3) is 10.1 Å². The summed E-state index contributed by atoms with van der Waals surface area (Å²) in [5.41, 5.74) is 0. The summed E-state index contributed by atoms with van der Waals surface area (Å²) < 4.78 is 60.2. The quantitative estimate of drug-likeness (QED) is 0.188. The van der Waals surface area contributed by atoms with Crippen molar-refractivity contribution in [2.75, 3.05) is 0 Å². The predicted octanol–water partition coefficient (Wildman–Crippen LogP) is -1.46. The number of rotatable bonds is 2. The van der Waals surface area contributed by atoms with Gasteiger partial charge in [-0.15, -0.1) is 0 Å². The molecule has 0 amide bonds. The Hall–Kier alpha value is 0.440. The molecule has 0 fully saturated rings. The SMILES string of the molecule is O=S(=O)(O)c1cc(O)c(O)c(S(=O)(=O)O)c1O.[Na].[Na]. The summed E-state index contributed by atoms with van der Waals surface area (Å²) in [6.45, 7) is 0. The van der Waals surface area contributed by atoms with Gasteiger partial charge in [0.05, 0.1) is 0 Å². The summed E-state index contributed by atoms with van der Waals surface area (Å²) >= 11 is 0. The average Bonchev–Trinajstić information content (AvgIpc) is 2.07. The molecule has 0 aliphatic carbocycles. The van der Waals surface area contributed by atoms with Crippen molar-refractivity contribution in [1.29, 1.82) is 0 Å². The van der Waals surface area contributed by atoms with E-state index >= 15 is 0 Å². The molecule has 98 valence electrons. The maximum Gasteiger partial charge on any atom is 0.302 e. The molecule has 1 rings (SSSR count). The largest absolute Gasteiger partial charge is 0.505 e. The fourth-order valence-electron chi connectivity index (χ4n) is 1.04. The van der Waals surface area contributed by atoms with Crippen LogP contribution in [0.5, 0.6) is 17.2 Å². The van der Waals surface area contributed by atoms with E-state index in [1.165, 1.54) is 0 Å². The standard InChI is InChI=1S/C6H6O9S2.2Na/c7-2-1-3(16(10,11)12)5(9)6(4(2)8)17(13,14)15;;/h1,7-9H,(H,10,11,12)(H,13,14,15);;. The molecular weight excluding hydrogens is 326 g/mol. The molecule has 0 saturated heterocycles. The van der Waals surface area contributed by atoms with Gasteiger partial charge in [0, 0.05) is 65.2 Å². The molecule has 19 heavy (non-hydrogen) atoms. The molecule has 0 heterocycles. The van der Waals surface area contributed by atoms with Gasteiger partial charge in [-0.25, -0.2) is 0 Å². The van der Waals surface area contributed by atoms with Gasteiger partial charge in [0.1, 0.15) is 4.90 Å². The van der Waals surface area contributed by atoms with Crippen LogP contribution in [0.15, 0.2) is 15.9 Å². The van der Waals surface area contributed by atoms with E-state index in [4.69, 9.17) is 19.3 Å². The second kappa shape index (κ2) is 6.93. The van der Waals surface area contributed by atoms with Crippen molar-refractivity contribution >= 4 is 79.4 Å². The Morgan fingerprint density at radius 1 is 0.789 bits per heavy atom. The van der Waals surface area contributed by atoms with Gasteiger partial charge in [0.15, 0.2) is 22.1 Å². The zero-order valence-corrected chi connectivity index (χ0v) is 15.4. The molecule has 5 N–H and O–H groups in total. The first kappa shape index (κ1) is 21.7. The van der Waals surface area contributed by atoms with E-state index in [9.17, 15) is 21.9 Å². The minimum atomic E-state index is -5.20. The van der Waals surface area contributed by atoms with Crippen LogP contribution in [0, 0.1) is 0 Å². The normalized spacial score (nSPS) is 11.3. The fourth-order valence-corrected chi connectivity index (χ4v) is 2.42. The molecule has 0 bridgehead atoms. The number of benzene rings is 1. The molecule has 0 saturated carbocycles. The Morgan fingerprint density at radius 2 is 1.21 bits per heavy atom. The van der Waals surface area contributed by atoms with Gasteiger partial charge in [-0.1, -0.05) is 0 Å². The van der Waals surface area contributed by atoms with Crippen LogP contribution in [0.1, 0.15) is 0 Å². The number of hydrogen-bond donors (Lipinski definition) is 5. The molecule has 2 radical (unpaired) electrons. The molecule has 0 aromatic heterocycles. The molecule has 0 atom stereocenters. The van der Waals surface area contributed by atoms with Crippen molar-refractivity contribution < 1.29 is 41.3 Å². The van der Waals surface area contributed by atoms with Crippen molar-refractivity contribution in [1.82, 2.24) is 0 Å². The van der Waals surface area contributed by atoms with Crippen LogP contribution in [0.25, 0.3) is 0 Å². The molecule has 0 aliphatic rings. The summed E-state index contributed by atoms with van der Waals surface area (Å²) in [4.78, 5) is -2.99. The zero-order valence-electron chi connectivity index (χ0n) is 9.76. The van der Waals surface area contributed by atoms with Crippen LogP contribution < -0.4 is 0 Å². The fraction of sp³-hybridized carbons (Fsp3) is 0. The van der Waals surface area contributed by atoms with Crippen LogP contribution >= 0.6 is 0 Å². The van der Waals surface area contributed by atoms with E-state index < -0.39 is 47.3 Å². The predicted molar refractivity (Wildman–Crippen MR) is 62.6 cm³/mol. The third-order valence-electron chi connectivity index (χ3n) is 1.71. The maximum atomic E-state index is 10.8. The van der Waals surface area contributed by atoms with E-state index in [0.717, 1.165) is 0 Å².